The van der Waals surface area contributed by atoms with E-state index in [0.29, 0.717) is 18.0 Å². The van der Waals surface area contributed by atoms with Gasteiger partial charge in [0.15, 0.2) is 0 Å². The highest BCUT2D eigenvalue weighted by Crippen LogP contribution is 2.29. The van der Waals surface area contributed by atoms with Crippen LogP contribution in [0.5, 0.6) is 0 Å². The number of pyridine rings is 1. The number of piperidine rings is 1. The predicted octanol–water partition coefficient (Wildman–Crippen LogP) is 2.73. The van der Waals surface area contributed by atoms with Crippen LogP contribution < -0.4 is 10.6 Å². The summed E-state index contributed by atoms with van der Waals surface area (Å²) in [7, 11) is 0. The molecule has 100 valence electrons. The van der Waals surface area contributed by atoms with E-state index in [0.717, 1.165) is 18.1 Å². The predicted molar refractivity (Wildman–Crippen MR) is 76.8 cm³/mol. The summed E-state index contributed by atoms with van der Waals surface area (Å²) in [5.74, 6) is 1.79. The van der Waals surface area contributed by atoms with Crippen LogP contribution in [0, 0.1) is 12.8 Å². The average Bonchev–Trinajstić information content (AvgIpc) is 2.37. The van der Waals surface area contributed by atoms with Gasteiger partial charge in [-0.2, -0.15) is 0 Å². The topological polar surface area (TPSA) is 42.1 Å². The lowest BCUT2D eigenvalue weighted by Gasteiger charge is -2.41. The van der Waals surface area contributed by atoms with Gasteiger partial charge in [0.1, 0.15) is 5.82 Å². The van der Waals surface area contributed by atoms with Gasteiger partial charge in [-0.15, -0.1) is 0 Å². The summed E-state index contributed by atoms with van der Waals surface area (Å²) in [6, 6.07) is 7.18. The second-order valence-corrected chi connectivity index (χ2v) is 5.54. The number of nitrogens with two attached hydrogens (primary N) is 1. The Kier molecular flexibility index (Phi) is 4.23. The van der Waals surface area contributed by atoms with E-state index < -0.39 is 0 Å². The van der Waals surface area contributed by atoms with E-state index in [2.05, 4.69) is 48.9 Å². The molecule has 2 rings (SSSR count). The fraction of sp³-hybridized carbons (Fsp3) is 0.667. The Morgan fingerprint density at radius 3 is 2.89 bits per heavy atom. The summed E-state index contributed by atoms with van der Waals surface area (Å²) < 4.78 is 0. The third-order valence-electron chi connectivity index (χ3n) is 4.14. The summed E-state index contributed by atoms with van der Waals surface area (Å²) in [5.41, 5.74) is 7.15. The van der Waals surface area contributed by atoms with Gasteiger partial charge >= 0.3 is 0 Å². The minimum absolute atomic E-state index is 0.312. The number of aromatic nitrogens is 1. The van der Waals surface area contributed by atoms with E-state index in [1.807, 2.05) is 0 Å². The molecule has 2 heterocycles. The molecule has 3 atom stereocenters. The van der Waals surface area contributed by atoms with Crippen molar-refractivity contribution in [2.45, 2.75) is 52.1 Å². The number of rotatable bonds is 3. The van der Waals surface area contributed by atoms with Crippen LogP contribution in [0.4, 0.5) is 5.82 Å². The van der Waals surface area contributed by atoms with Gasteiger partial charge in [-0.05, 0) is 51.2 Å². The summed E-state index contributed by atoms with van der Waals surface area (Å²) in [4.78, 5) is 7.12. The van der Waals surface area contributed by atoms with Crippen molar-refractivity contribution in [2.24, 2.45) is 11.7 Å². The van der Waals surface area contributed by atoms with E-state index in [1.165, 1.54) is 19.3 Å². The monoisotopic (exact) mass is 247 g/mol. The lowest BCUT2D eigenvalue weighted by Crippen LogP contribution is -2.46. The standard InChI is InChI=1S/C15H25N3/c1-4-14-10-13(12(3)16)8-9-18(14)15-7-5-6-11(2)17-15/h5-7,12-14H,4,8-10,16H2,1-3H3. The van der Waals surface area contributed by atoms with Gasteiger partial charge in [0.25, 0.3) is 0 Å². The number of nitrogens with zero attached hydrogens (tertiary/aromatic N) is 2. The number of anilines is 1. The van der Waals surface area contributed by atoms with Gasteiger partial charge in [0, 0.05) is 24.3 Å². The van der Waals surface area contributed by atoms with Crippen molar-refractivity contribution in [3.05, 3.63) is 23.9 Å². The van der Waals surface area contributed by atoms with Crippen LogP contribution in [0.15, 0.2) is 18.2 Å². The van der Waals surface area contributed by atoms with E-state index in [9.17, 15) is 0 Å². The summed E-state index contributed by atoms with van der Waals surface area (Å²) in [5, 5.41) is 0. The van der Waals surface area contributed by atoms with E-state index in [-0.39, 0.29) is 0 Å². The Hall–Kier alpha value is -1.09. The van der Waals surface area contributed by atoms with Crippen molar-refractivity contribution in [3.63, 3.8) is 0 Å². The molecular formula is C15H25N3. The highest BCUT2D eigenvalue weighted by Gasteiger charge is 2.29. The molecule has 0 aliphatic carbocycles. The molecule has 3 unspecified atom stereocenters. The zero-order valence-electron chi connectivity index (χ0n) is 11.8. The first-order valence-corrected chi connectivity index (χ1v) is 7.07. The normalized spacial score (nSPS) is 26.1. The molecule has 0 amide bonds. The fourth-order valence-corrected chi connectivity index (χ4v) is 2.94. The van der Waals surface area contributed by atoms with Crippen molar-refractivity contribution in [1.82, 2.24) is 4.98 Å². The van der Waals surface area contributed by atoms with E-state index in [4.69, 9.17) is 5.73 Å². The van der Waals surface area contributed by atoms with Gasteiger partial charge in [0.2, 0.25) is 0 Å². The fourth-order valence-electron chi connectivity index (χ4n) is 2.94. The zero-order chi connectivity index (χ0) is 13.1. The maximum Gasteiger partial charge on any atom is 0.129 e. The first kappa shape index (κ1) is 13.3. The minimum atomic E-state index is 0.312. The maximum absolute atomic E-state index is 6.06. The van der Waals surface area contributed by atoms with Crippen LogP contribution in [-0.4, -0.2) is 23.6 Å². The van der Waals surface area contributed by atoms with Crippen LogP contribution in [0.2, 0.25) is 0 Å². The van der Waals surface area contributed by atoms with E-state index in [1.54, 1.807) is 0 Å². The van der Waals surface area contributed by atoms with Crippen molar-refractivity contribution < 1.29 is 0 Å². The van der Waals surface area contributed by atoms with Gasteiger partial charge in [-0.3, -0.25) is 0 Å². The molecule has 1 fully saturated rings. The first-order chi connectivity index (χ1) is 8.61. The van der Waals surface area contributed by atoms with Crippen LogP contribution >= 0.6 is 0 Å². The molecular weight excluding hydrogens is 222 g/mol. The van der Waals surface area contributed by atoms with Crippen LogP contribution in [0.25, 0.3) is 0 Å². The highest BCUT2D eigenvalue weighted by molar-refractivity contribution is 5.41. The zero-order valence-corrected chi connectivity index (χ0v) is 11.8. The molecule has 0 radical (unpaired) electrons. The van der Waals surface area contributed by atoms with Crippen molar-refractivity contribution in [1.29, 1.82) is 0 Å². The third kappa shape index (κ3) is 2.83. The molecule has 1 aliphatic rings. The van der Waals surface area contributed by atoms with Crippen molar-refractivity contribution >= 4 is 5.82 Å². The number of aryl methyl sites for hydroxylation is 1. The smallest absolute Gasteiger partial charge is 0.129 e. The minimum Gasteiger partial charge on any atom is -0.354 e. The lowest BCUT2D eigenvalue weighted by atomic mass is 9.85. The van der Waals surface area contributed by atoms with E-state index >= 15 is 0 Å². The quantitative estimate of drug-likeness (QED) is 0.893. The SMILES string of the molecule is CCC1CC(C(C)N)CCN1c1cccc(C)n1. The Morgan fingerprint density at radius 2 is 2.28 bits per heavy atom. The van der Waals surface area contributed by atoms with Crippen molar-refractivity contribution in [2.75, 3.05) is 11.4 Å². The summed E-state index contributed by atoms with van der Waals surface area (Å²) in [6.07, 6.45) is 3.55. The van der Waals surface area contributed by atoms with Crippen molar-refractivity contribution in [3.8, 4) is 0 Å². The highest BCUT2D eigenvalue weighted by atomic mass is 15.2. The Labute approximate surface area is 110 Å². The molecule has 0 saturated carbocycles. The molecule has 1 aromatic heterocycles. The summed E-state index contributed by atoms with van der Waals surface area (Å²) >= 11 is 0. The lowest BCUT2D eigenvalue weighted by molar-refractivity contribution is 0.298. The second-order valence-electron chi connectivity index (χ2n) is 5.54. The first-order valence-electron chi connectivity index (χ1n) is 7.07. The number of hydrogen-bond donors (Lipinski definition) is 1. The Morgan fingerprint density at radius 1 is 1.50 bits per heavy atom. The van der Waals surface area contributed by atoms with Crippen LogP contribution in [0.3, 0.4) is 0 Å². The second kappa shape index (κ2) is 5.70. The summed E-state index contributed by atoms with van der Waals surface area (Å²) in [6.45, 7) is 7.54. The Balaban J connectivity index is 2.14. The number of hydrogen-bond acceptors (Lipinski definition) is 3. The molecule has 1 saturated heterocycles. The van der Waals surface area contributed by atoms with Gasteiger partial charge in [-0.25, -0.2) is 4.98 Å². The largest absolute Gasteiger partial charge is 0.354 e. The van der Waals surface area contributed by atoms with Crippen LogP contribution in [-0.2, 0) is 0 Å². The molecule has 3 nitrogen and oxygen atoms in total. The van der Waals surface area contributed by atoms with Gasteiger partial charge in [-0.1, -0.05) is 13.0 Å². The molecule has 0 aromatic carbocycles. The van der Waals surface area contributed by atoms with Gasteiger partial charge < -0.3 is 10.6 Å². The molecule has 0 bridgehead atoms. The molecule has 3 heteroatoms. The third-order valence-corrected chi connectivity index (χ3v) is 4.14. The maximum atomic E-state index is 6.06. The molecule has 2 N–H and O–H groups in total. The molecule has 1 aliphatic heterocycles. The van der Waals surface area contributed by atoms with Gasteiger partial charge in [0.05, 0.1) is 0 Å². The average molecular weight is 247 g/mol. The van der Waals surface area contributed by atoms with Crippen LogP contribution in [0.1, 0.15) is 38.8 Å². The molecule has 1 aromatic rings. The molecule has 0 spiro atoms. The molecule has 18 heavy (non-hydrogen) atoms. The Bertz CT molecular complexity index is 389.